The van der Waals surface area contributed by atoms with Crippen LogP contribution in [0.2, 0.25) is 0 Å². The van der Waals surface area contributed by atoms with E-state index in [0.717, 1.165) is 28.3 Å². The van der Waals surface area contributed by atoms with Crippen molar-refractivity contribution in [3.63, 3.8) is 0 Å². The minimum atomic E-state index is 0.0455. The number of fused-ring (bicyclic) bond motifs is 1. The summed E-state index contributed by atoms with van der Waals surface area (Å²) < 4.78 is 0. The zero-order valence-electron chi connectivity index (χ0n) is 15.8. The molecule has 0 unspecified atom stereocenters. The van der Waals surface area contributed by atoms with Crippen LogP contribution in [-0.4, -0.2) is 12.5 Å². The zero-order chi connectivity index (χ0) is 19.2. The van der Waals surface area contributed by atoms with Crippen molar-refractivity contribution >= 4 is 23.4 Å². The SMILES string of the molecule is O=C(C[NH2+][C@@H]1CCCc2ccccc21)Nc1ccccc1Sc1ccccc1. The Hall–Kier alpha value is -2.56. The average molecular weight is 390 g/mol. The third-order valence-corrected chi connectivity index (χ3v) is 6.22. The Kier molecular flexibility index (Phi) is 6.10. The number of para-hydroxylation sites is 1. The second-order valence-electron chi connectivity index (χ2n) is 7.10. The molecule has 0 radical (unpaired) electrons. The minimum absolute atomic E-state index is 0.0455. The van der Waals surface area contributed by atoms with Gasteiger partial charge in [0, 0.05) is 21.8 Å². The first kappa shape index (κ1) is 18.8. The molecule has 3 nitrogen and oxygen atoms in total. The van der Waals surface area contributed by atoms with Gasteiger partial charge in [0.25, 0.3) is 5.91 Å². The minimum Gasteiger partial charge on any atom is -0.332 e. The molecule has 1 aliphatic carbocycles. The van der Waals surface area contributed by atoms with Gasteiger partial charge in [-0.2, -0.15) is 0 Å². The van der Waals surface area contributed by atoms with Crippen molar-refractivity contribution < 1.29 is 10.1 Å². The Morgan fingerprint density at radius 1 is 0.964 bits per heavy atom. The monoisotopic (exact) mass is 389 g/mol. The van der Waals surface area contributed by atoms with E-state index >= 15 is 0 Å². The van der Waals surface area contributed by atoms with Crippen LogP contribution in [0.4, 0.5) is 5.69 Å². The topological polar surface area (TPSA) is 45.7 Å². The number of anilines is 1. The Bertz CT molecular complexity index is 942. The number of nitrogens with one attached hydrogen (secondary N) is 1. The van der Waals surface area contributed by atoms with E-state index in [1.807, 2.05) is 42.5 Å². The van der Waals surface area contributed by atoms with Crippen LogP contribution < -0.4 is 10.6 Å². The third-order valence-electron chi connectivity index (χ3n) is 5.14. The van der Waals surface area contributed by atoms with E-state index in [1.165, 1.54) is 17.5 Å². The van der Waals surface area contributed by atoms with E-state index in [9.17, 15) is 4.79 Å². The molecular weight excluding hydrogens is 364 g/mol. The lowest BCUT2D eigenvalue weighted by Gasteiger charge is -2.23. The van der Waals surface area contributed by atoms with Gasteiger partial charge in [0.2, 0.25) is 0 Å². The lowest BCUT2D eigenvalue weighted by Crippen LogP contribution is -2.87. The molecule has 0 bridgehead atoms. The van der Waals surface area contributed by atoms with Crippen LogP contribution in [0.15, 0.2) is 88.7 Å². The molecular formula is C24H25N2OS+. The molecule has 0 saturated carbocycles. The van der Waals surface area contributed by atoms with E-state index in [2.05, 4.69) is 47.0 Å². The number of amides is 1. The molecule has 3 N–H and O–H groups in total. The molecule has 28 heavy (non-hydrogen) atoms. The van der Waals surface area contributed by atoms with Gasteiger partial charge in [0.05, 0.1) is 5.69 Å². The van der Waals surface area contributed by atoms with Crippen molar-refractivity contribution in [1.29, 1.82) is 0 Å². The van der Waals surface area contributed by atoms with Gasteiger partial charge in [-0.25, -0.2) is 0 Å². The first-order chi connectivity index (χ1) is 13.8. The quantitative estimate of drug-likeness (QED) is 0.656. The van der Waals surface area contributed by atoms with Crippen LogP contribution in [0.3, 0.4) is 0 Å². The highest BCUT2D eigenvalue weighted by molar-refractivity contribution is 7.99. The van der Waals surface area contributed by atoms with Crippen LogP contribution in [-0.2, 0) is 11.2 Å². The second kappa shape index (κ2) is 9.09. The number of quaternary nitrogens is 1. The summed E-state index contributed by atoms with van der Waals surface area (Å²) in [6.45, 7) is 0.434. The highest BCUT2D eigenvalue weighted by Gasteiger charge is 2.23. The number of nitrogens with two attached hydrogens (primary N) is 1. The molecule has 3 aromatic carbocycles. The van der Waals surface area contributed by atoms with E-state index in [1.54, 1.807) is 11.8 Å². The van der Waals surface area contributed by atoms with Gasteiger partial charge in [-0.15, -0.1) is 0 Å². The summed E-state index contributed by atoms with van der Waals surface area (Å²) in [6, 6.07) is 27.2. The summed E-state index contributed by atoms with van der Waals surface area (Å²) in [7, 11) is 0. The maximum absolute atomic E-state index is 12.6. The highest BCUT2D eigenvalue weighted by atomic mass is 32.2. The number of benzene rings is 3. The fourth-order valence-corrected chi connectivity index (χ4v) is 4.68. The Morgan fingerprint density at radius 2 is 1.71 bits per heavy atom. The highest BCUT2D eigenvalue weighted by Crippen LogP contribution is 2.33. The first-order valence-corrected chi connectivity index (χ1v) is 10.6. The van der Waals surface area contributed by atoms with Crippen molar-refractivity contribution in [3.8, 4) is 0 Å². The number of hydrogen-bond donors (Lipinski definition) is 2. The van der Waals surface area contributed by atoms with Gasteiger partial charge in [-0.05, 0) is 42.7 Å². The molecule has 142 valence electrons. The fraction of sp³-hybridized carbons (Fsp3) is 0.208. The van der Waals surface area contributed by atoms with Gasteiger partial charge in [0.15, 0.2) is 6.54 Å². The summed E-state index contributed by atoms with van der Waals surface area (Å²) in [4.78, 5) is 14.8. The van der Waals surface area contributed by atoms with Gasteiger partial charge in [0.1, 0.15) is 6.04 Å². The summed E-state index contributed by atoms with van der Waals surface area (Å²) in [5, 5.41) is 5.28. The maximum atomic E-state index is 12.6. The Labute approximate surface area is 170 Å². The normalized spacial score (nSPS) is 15.6. The van der Waals surface area contributed by atoms with Crippen molar-refractivity contribution in [2.24, 2.45) is 0 Å². The number of carbonyl (C=O) groups is 1. The predicted molar refractivity (Wildman–Crippen MR) is 115 cm³/mol. The predicted octanol–water partition coefficient (Wildman–Crippen LogP) is 4.42. The number of rotatable bonds is 6. The van der Waals surface area contributed by atoms with Gasteiger partial charge < -0.3 is 10.6 Å². The standard InChI is InChI=1S/C24H24N2OS/c27-24(17-25-21-15-8-10-18-9-4-5-13-20(18)21)26-22-14-6-7-16-23(22)28-19-11-2-1-3-12-19/h1-7,9,11-14,16,21,25H,8,10,15,17H2,(H,26,27)/p+1/t21-/m1/s1. The van der Waals surface area contributed by atoms with Gasteiger partial charge in [-0.1, -0.05) is 66.4 Å². The molecule has 0 fully saturated rings. The van der Waals surface area contributed by atoms with Crippen molar-refractivity contribution in [2.45, 2.75) is 35.1 Å². The average Bonchev–Trinajstić information content (AvgIpc) is 2.74. The van der Waals surface area contributed by atoms with E-state index in [-0.39, 0.29) is 5.91 Å². The fourth-order valence-electron chi connectivity index (χ4n) is 3.76. The van der Waals surface area contributed by atoms with E-state index in [0.29, 0.717) is 12.6 Å². The van der Waals surface area contributed by atoms with E-state index in [4.69, 9.17) is 0 Å². The van der Waals surface area contributed by atoms with Crippen LogP contribution in [0, 0.1) is 0 Å². The molecule has 0 aliphatic heterocycles. The molecule has 0 aromatic heterocycles. The van der Waals surface area contributed by atoms with Crippen LogP contribution in [0.1, 0.15) is 30.0 Å². The Morgan fingerprint density at radius 3 is 2.61 bits per heavy atom. The molecule has 0 heterocycles. The summed E-state index contributed by atoms with van der Waals surface area (Å²) in [5.74, 6) is 0.0455. The molecule has 4 heteroatoms. The summed E-state index contributed by atoms with van der Waals surface area (Å²) in [5.41, 5.74) is 3.69. The van der Waals surface area contributed by atoms with Crippen molar-refractivity contribution in [3.05, 3.63) is 90.0 Å². The molecule has 1 amide bonds. The van der Waals surface area contributed by atoms with Crippen molar-refractivity contribution in [2.75, 3.05) is 11.9 Å². The van der Waals surface area contributed by atoms with E-state index < -0.39 is 0 Å². The van der Waals surface area contributed by atoms with Crippen LogP contribution >= 0.6 is 11.8 Å². The molecule has 0 saturated heterocycles. The van der Waals surface area contributed by atoms with Crippen LogP contribution in [0.25, 0.3) is 0 Å². The molecule has 1 aliphatic rings. The Balaban J connectivity index is 1.39. The van der Waals surface area contributed by atoms with Crippen LogP contribution in [0.5, 0.6) is 0 Å². The number of carbonyl (C=O) groups excluding carboxylic acids is 1. The molecule has 0 spiro atoms. The summed E-state index contributed by atoms with van der Waals surface area (Å²) in [6.07, 6.45) is 3.47. The second-order valence-corrected chi connectivity index (χ2v) is 8.21. The van der Waals surface area contributed by atoms with Crippen molar-refractivity contribution in [1.82, 2.24) is 0 Å². The van der Waals surface area contributed by atoms with Gasteiger partial charge >= 0.3 is 0 Å². The van der Waals surface area contributed by atoms with Gasteiger partial charge in [-0.3, -0.25) is 4.79 Å². The number of hydrogen-bond acceptors (Lipinski definition) is 2. The lowest BCUT2D eigenvalue weighted by molar-refractivity contribution is -0.687. The zero-order valence-corrected chi connectivity index (χ0v) is 16.6. The lowest BCUT2D eigenvalue weighted by atomic mass is 9.88. The first-order valence-electron chi connectivity index (χ1n) is 9.82. The molecule has 4 rings (SSSR count). The third kappa shape index (κ3) is 4.64. The largest absolute Gasteiger partial charge is 0.332 e. The maximum Gasteiger partial charge on any atom is 0.279 e. The molecule has 1 atom stereocenters. The number of aryl methyl sites for hydroxylation is 1. The smallest absolute Gasteiger partial charge is 0.279 e. The summed E-state index contributed by atoms with van der Waals surface area (Å²) >= 11 is 1.67. The molecule has 3 aromatic rings.